The molecule has 210 valence electrons. The molecule has 0 spiro atoms. The van der Waals surface area contributed by atoms with Crippen LogP contribution in [0.2, 0.25) is 0 Å². The molecule has 2 atom stereocenters. The van der Waals surface area contributed by atoms with E-state index in [1.807, 2.05) is 6.92 Å². The first-order valence-electron chi connectivity index (χ1n) is 13.7. The SMILES string of the molecule is CCc1c(NC[C@H](CC(=O)O[C@@H](C)C(=O)O)C(=O)O)ncnc1N1CCC(c2ccc3c(n2)CCCC3)CC1. The Bertz CT molecular complexity index is 1200. The second-order valence-electron chi connectivity index (χ2n) is 10.3. The predicted molar refractivity (Wildman–Crippen MR) is 144 cm³/mol. The molecule has 4 rings (SSSR count). The second-order valence-corrected chi connectivity index (χ2v) is 10.3. The maximum Gasteiger partial charge on any atom is 0.344 e. The lowest BCUT2D eigenvalue weighted by Gasteiger charge is -2.34. The molecule has 3 N–H and O–H groups in total. The smallest absolute Gasteiger partial charge is 0.344 e. The third-order valence-corrected chi connectivity index (χ3v) is 7.62. The highest BCUT2D eigenvalue weighted by molar-refractivity contribution is 5.81. The highest BCUT2D eigenvalue weighted by Gasteiger charge is 2.28. The van der Waals surface area contributed by atoms with Crippen molar-refractivity contribution in [3.8, 4) is 0 Å². The number of aryl methyl sites for hydroxylation is 2. The lowest BCUT2D eigenvalue weighted by atomic mass is 9.90. The third kappa shape index (κ3) is 7.01. The van der Waals surface area contributed by atoms with E-state index in [9.17, 15) is 19.5 Å². The summed E-state index contributed by atoms with van der Waals surface area (Å²) in [6, 6.07) is 4.46. The summed E-state index contributed by atoms with van der Waals surface area (Å²) in [5.41, 5.74) is 4.74. The Labute approximate surface area is 228 Å². The van der Waals surface area contributed by atoms with Gasteiger partial charge in [-0.3, -0.25) is 14.6 Å². The van der Waals surface area contributed by atoms with Crippen LogP contribution in [0.3, 0.4) is 0 Å². The largest absolute Gasteiger partial charge is 0.481 e. The molecule has 2 aromatic rings. The number of esters is 1. The number of aromatic nitrogens is 3. The van der Waals surface area contributed by atoms with Gasteiger partial charge in [-0.2, -0.15) is 0 Å². The molecule has 0 bridgehead atoms. The van der Waals surface area contributed by atoms with Gasteiger partial charge in [-0.25, -0.2) is 14.8 Å². The standard InChI is InChI=1S/C28H37N5O6/c1-3-21-25(29-15-20(28(37)38)14-24(34)39-17(2)27(35)36)30-16-31-26(21)33-12-10-19(11-13-33)23-9-8-18-6-4-5-7-22(18)32-23/h8-9,16-17,19-20H,3-7,10-15H2,1-2H3,(H,35,36)(H,37,38)(H,29,30,31)/t17-,20-/m0/s1. The number of aliphatic carboxylic acids is 2. The number of hydrogen-bond donors (Lipinski definition) is 3. The van der Waals surface area contributed by atoms with Gasteiger partial charge < -0.3 is 25.2 Å². The number of anilines is 2. The van der Waals surface area contributed by atoms with Crippen molar-refractivity contribution in [1.29, 1.82) is 0 Å². The van der Waals surface area contributed by atoms with Crippen LogP contribution in [0.4, 0.5) is 11.6 Å². The van der Waals surface area contributed by atoms with Crippen molar-refractivity contribution >= 4 is 29.5 Å². The first kappa shape index (κ1) is 28.3. The van der Waals surface area contributed by atoms with Gasteiger partial charge in [0.15, 0.2) is 6.10 Å². The quantitative estimate of drug-likeness (QED) is 0.360. The van der Waals surface area contributed by atoms with Gasteiger partial charge in [0.05, 0.1) is 12.3 Å². The summed E-state index contributed by atoms with van der Waals surface area (Å²) in [5.74, 6) is -2.70. The Balaban J connectivity index is 1.39. The minimum Gasteiger partial charge on any atom is -0.481 e. The Hall–Kier alpha value is -3.76. The normalized spacial score (nSPS) is 17.1. The molecule has 11 nitrogen and oxygen atoms in total. The highest BCUT2D eigenvalue weighted by Crippen LogP contribution is 2.33. The van der Waals surface area contributed by atoms with Gasteiger partial charge in [-0.05, 0) is 63.5 Å². The van der Waals surface area contributed by atoms with Crippen LogP contribution in [-0.2, 0) is 38.4 Å². The maximum atomic E-state index is 12.1. The monoisotopic (exact) mass is 539 g/mol. The van der Waals surface area contributed by atoms with Crippen LogP contribution in [0.15, 0.2) is 18.5 Å². The molecule has 0 unspecified atom stereocenters. The van der Waals surface area contributed by atoms with E-state index in [-0.39, 0.29) is 6.54 Å². The number of hydrogen-bond acceptors (Lipinski definition) is 9. The van der Waals surface area contributed by atoms with Crippen LogP contribution >= 0.6 is 0 Å². The zero-order chi connectivity index (χ0) is 27.9. The number of ether oxygens (including phenoxy) is 1. The number of rotatable bonds is 11. The van der Waals surface area contributed by atoms with Crippen molar-refractivity contribution in [2.45, 2.75) is 77.2 Å². The molecule has 2 aliphatic rings. The van der Waals surface area contributed by atoms with Crippen LogP contribution in [0.25, 0.3) is 0 Å². The number of carboxylic acids is 2. The van der Waals surface area contributed by atoms with E-state index < -0.39 is 36.4 Å². The molecule has 11 heteroatoms. The van der Waals surface area contributed by atoms with E-state index in [4.69, 9.17) is 14.8 Å². The number of carboxylic acid groups (broad SMARTS) is 2. The van der Waals surface area contributed by atoms with E-state index in [2.05, 4.69) is 32.3 Å². The van der Waals surface area contributed by atoms with Gasteiger partial charge in [0.2, 0.25) is 0 Å². The Morgan fingerprint density at radius 3 is 2.54 bits per heavy atom. The van der Waals surface area contributed by atoms with E-state index in [1.54, 1.807) is 0 Å². The minimum atomic E-state index is -1.34. The average Bonchev–Trinajstić information content (AvgIpc) is 2.94. The van der Waals surface area contributed by atoms with Crippen LogP contribution < -0.4 is 10.2 Å². The molecule has 0 saturated carbocycles. The van der Waals surface area contributed by atoms with Crippen LogP contribution in [0.5, 0.6) is 0 Å². The molecule has 0 amide bonds. The molecular formula is C28H37N5O6. The number of pyridine rings is 1. The lowest BCUT2D eigenvalue weighted by Crippen LogP contribution is -2.35. The van der Waals surface area contributed by atoms with Gasteiger partial charge in [0.1, 0.15) is 18.0 Å². The summed E-state index contributed by atoms with van der Waals surface area (Å²) in [4.78, 5) is 50.9. The number of fused-ring (bicyclic) bond motifs is 1. The van der Waals surface area contributed by atoms with Crippen molar-refractivity contribution in [3.63, 3.8) is 0 Å². The van der Waals surface area contributed by atoms with Gasteiger partial charge in [-0.15, -0.1) is 0 Å². The second kappa shape index (κ2) is 12.9. The van der Waals surface area contributed by atoms with Crippen molar-refractivity contribution in [3.05, 3.63) is 41.0 Å². The fraction of sp³-hybridized carbons (Fsp3) is 0.571. The van der Waals surface area contributed by atoms with Crippen molar-refractivity contribution < 1.29 is 29.3 Å². The van der Waals surface area contributed by atoms with Crippen molar-refractivity contribution in [2.24, 2.45) is 5.92 Å². The lowest BCUT2D eigenvalue weighted by molar-refractivity contribution is -0.164. The fourth-order valence-electron chi connectivity index (χ4n) is 5.33. The summed E-state index contributed by atoms with van der Waals surface area (Å²) in [6.45, 7) is 4.81. The number of nitrogens with zero attached hydrogens (tertiary/aromatic N) is 4. The minimum absolute atomic E-state index is 0.0680. The summed E-state index contributed by atoms with van der Waals surface area (Å²) in [5, 5.41) is 21.6. The zero-order valence-electron chi connectivity index (χ0n) is 22.6. The van der Waals surface area contributed by atoms with Gasteiger partial charge >= 0.3 is 17.9 Å². The molecule has 0 aromatic carbocycles. The molecule has 1 fully saturated rings. The summed E-state index contributed by atoms with van der Waals surface area (Å²) in [7, 11) is 0. The van der Waals surface area contributed by atoms with Crippen LogP contribution in [0.1, 0.15) is 74.4 Å². The molecule has 3 heterocycles. The molecule has 39 heavy (non-hydrogen) atoms. The van der Waals surface area contributed by atoms with E-state index in [0.717, 1.165) is 50.2 Å². The van der Waals surface area contributed by atoms with Crippen molar-refractivity contribution in [2.75, 3.05) is 29.9 Å². The van der Waals surface area contributed by atoms with Crippen molar-refractivity contribution in [1.82, 2.24) is 15.0 Å². The Morgan fingerprint density at radius 2 is 1.85 bits per heavy atom. The number of carbonyl (C=O) groups excluding carboxylic acids is 1. The Kier molecular flexibility index (Phi) is 9.32. The maximum absolute atomic E-state index is 12.1. The number of carbonyl (C=O) groups is 3. The summed E-state index contributed by atoms with van der Waals surface area (Å²) in [6.07, 6.45) is 6.92. The van der Waals surface area contributed by atoms with Crippen LogP contribution in [-0.4, -0.2) is 68.8 Å². The Morgan fingerprint density at radius 1 is 1.10 bits per heavy atom. The molecule has 1 saturated heterocycles. The molecule has 1 aliphatic carbocycles. The molecular weight excluding hydrogens is 502 g/mol. The fourth-order valence-corrected chi connectivity index (χ4v) is 5.33. The molecule has 0 radical (unpaired) electrons. The third-order valence-electron chi connectivity index (χ3n) is 7.62. The topological polar surface area (TPSA) is 155 Å². The van der Waals surface area contributed by atoms with E-state index in [1.165, 1.54) is 43.0 Å². The predicted octanol–water partition coefficient (Wildman–Crippen LogP) is 3.22. The molecule has 1 aliphatic heterocycles. The highest BCUT2D eigenvalue weighted by atomic mass is 16.6. The van der Waals surface area contributed by atoms with Gasteiger partial charge in [-0.1, -0.05) is 13.0 Å². The number of piperidine rings is 1. The summed E-state index contributed by atoms with van der Waals surface area (Å²) >= 11 is 0. The average molecular weight is 540 g/mol. The van der Waals surface area contributed by atoms with Crippen LogP contribution in [0, 0.1) is 5.92 Å². The van der Waals surface area contributed by atoms with E-state index >= 15 is 0 Å². The summed E-state index contributed by atoms with van der Waals surface area (Å²) < 4.78 is 4.79. The first-order valence-corrected chi connectivity index (χ1v) is 13.7. The number of nitrogens with one attached hydrogen (secondary N) is 1. The van der Waals surface area contributed by atoms with Gasteiger partial charge in [0.25, 0.3) is 0 Å². The zero-order valence-corrected chi connectivity index (χ0v) is 22.6. The molecule has 2 aromatic heterocycles. The first-order chi connectivity index (χ1) is 18.8. The van der Waals surface area contributed by atoms with Gasteiger partial charge in [0, 0.05) is 42.5 Å². The van der Waals surface area contributed by atoms with E-state index in [0.29, 0.717) is 18.2 Å².